The molecule has 0 saturated heterocycles. The van der Waals surface area contributed by atoms with Crippen LogP contribution in [0.2, 0.25) is 0 Å². The predicted molar refractivity (Wildman–Crippen MR) is 93.6 cm³/mol. The fourth-order valence-electron chi connectivity index (χ4n) is 2.65. The highest BCUT2D eigenvalue weighted by atomic mass is 19.4. The molecule has 2 aromatic heterocycles. The van der Waals surface area contributed by atoms with Gasteiger partial charge < -0.3 is 4.74 Å². The minimum Gasteiger partial charge on any atom is -0.367 e. The summed E-state index contributed by atoms with van der Waals surface area (Å²) in [5.74, 6) is 0. The van der Waals surface area contributed by atoms with E-state index in [0.29, 0.717) is 29.1 Å². The molecule has 3 aromatic rings. The molecule has 1 aromatic carbocycles. The van der Waals surface area contributed by atoms with Gasteiger partial charge >= 0.3 is 6.18 Å². The monoisotopic (exact) mass is 387 g/mol. The molecule has 0 radical (unpaired) electrons. The summed E-state index contributed by atoms with van der Waals surface area (Å²) >= 11 is 0. The molecule has 1 N–H and O–H groups in total. The van der Waals surface area contributed by atoms with E-state index in [1.807, 2.05) is 13.0 Å². The lowest BCUT2D eigenvalue weighted by molar-refractivity contribution is -0.137. The third-order valence-corrected chi connectivity index (χ3v) is 4.10. The Morgan fingerprint density at radius 1 is 1.14 bits per heavy atom. The van der Waals surface area contributed by atoms with E-state index in [0.717, 1.165) is 12.1 Å². The van der Waals surface area contributed by atoms with Crippen molar-refractivity contribution < 1.29 is 17.9 Å². The van der Waals surface area contributed by atoms with Crippen molar-refractivity contribution in [1.29, 1.82) is 5.26 Å². The zero-order chi connectivity index (χ0) is 20.1. The van der Waals surface area contributed by atoms with Crippen molar-refractivity contribution in [3.05, 3.63) is 65.0 Å². The minimum atomic E-state index is -4.36. The van der Waals surface area contributed by atoms with Crippen LogP contribution in [-0.4, -0.2) is 20.4 Å². The normalized spacial score (nSPS) is 12.5. The van der Waals surface area contributed by atoms with Gasteiger partial charge in [-0.05, 0) is 36.2 Å². The first-order valence-electron chi connectivity index (χ1n) is 8.48. The minimum absolute atomic E-state index is 0.142. The van der Waals surface area contributed by atoms with Gasteiger partial charge in [0.25, 0.3) is 0 Å². The molecule has 2 heterocycles. The van der Waals surface area contributed by atoms with Crippen molar-refractivity contribution in [1.82, 2.24) is 20.4 Å². The number of hydrogen-bond donors (Lipinski definition) is 1. The molecule has 3 rings (SSSR count). The second-order valence-corrected chi connectivity index (χ2v) is 5.98. The molecule has 0 amide bonds. The fraction of sp³-hybridized carbons (Fsp3) is 0.263. The molecule has 28 heavy (non-hydrogen) atoms. The third-order valence-electron chi connectivity index (χ3n) is 4.10. The maximum atomic E-state index is 12.6. The molecule has 6 nitrogen and oxygen atoms in total. The van der Waals surface area contributed by atoms with Gasteiger partial charge in [0.1, 0.15) is 11.8 Å². The molecule has 1 atom stereocenters. The molecular weight excluding hydrogens is 371 g/mol. The van der Waals surface area contributed by atoms with Crippen molar-refractivity contribution in [3.63, 3.8) is 0 Å². The molecule has 0 fully saturated rings. The summed E-state index contributed by atoms with van der Waals surface area (Å²) in [6, 6.07) is 12.1. The van der Waals surface area contributed by atoms with E-state index in [-0.39, 0.29) is 18.4 Å². The summed E-state index contributed by atoms with van der Waals surface area (Å²) < 4.78 is 43.8. The molecule has 0 bridgehead atoms. The molecule has 9 heteroatoms. The van der Waals surface area contributed by atoms with E-state index in [9.17, 15) is 13.2 Å². The Hall–Kier alpha value is -3.25. The Morgan fingerprint density at radius 3 is 2.54 bits per heavy atom. The first-order chi connectivity index (χ1) is 13.4. The van der Waals surface area contributed by atoms with Crippen molar-refractivity contribution in [2.24, 2.45) is 0 Å². The number of pyridine rings is 1. The second-order valence-electron chi connectivity index (χ2n) is 5.98. The van der Waals surface area contributed by atoms with Crippen LogP contribution in [0.4, 0.5) is 13.2 Å². The van der Waals surface area contributed by atoms with Gasteiger partial charge in [-0.1, -0.05) is 25.1 Å². The molecule has 0 aliphatic rings. The smallest absolute Gasteiger partial charge is 0.367 e. The Morgan fingerprint density at radius 2 is 1.89 bits per heavy atom. The molecule has 0 aliphatic carbocycles. The number of aromatic nitrogens is 4. The lowest BCUT2D eigenvalue weighted by Gasteiger charge is -2.16. The standard InChI is InChI=1S/C19H16F3N5O/c1-2-17(28-11-12-6-8-13(9-7-12)19(20,21)22)14-4-3-5-15(24-14)18-16(10-23)25-27-26-18/h3-9,17H,2,11H2,1H3,(H,25,26,27). The van der Waals surface area contributed by atoms with Crippen LogP contribution >= 0.6 is 0 Å². The van der Waals surface area contributed by atoms with E-state index < -0.39 is 11.7 Å². The number of ether oxygens (including phenoxy) is 1. The highest BCUT2D eigenvalue weighted by Gasteiger charge is 2.29. The van der Waals surface area contributed by atoms with Crippen LogP contribution in [0.5, 0.6) is 0 Å². The van der Waals surface area contributed by atoms with Gasteiger partial charge in [-0.25, -0.2) is 4.98 Å². The van der Waals surface area contributed by atoms with Gasteiger partial charge in [-0.2, -0.15) is 28.7 Å². The van der Waals surface area contributed by atoms with Crippen LogP contribution in [0, 0.1) is 11.3 Å². The molecule has 0 spiro atoms. The molecule has 0 aliphatic heterocycles. The van der Waals surface area contributed by atoms with Crippen LogP contribution in [0.1, 0.15) is 42.0 Å². The van der Waals surface area contributed by atoms with E-state index >= 15 is 0 Å². The van der Waals surface area contributed by atoms with Crippen molar-refractivity contribution in [2.45, 2.75) is 32.2 Å². The summed E-state index contributed by atoms with van der Waals surface area (Å²) in [4.78, 5) is 4.51. The van der Waals surface area contributed by atoms with E-state index in [4.69, 9.17) is 10.00 Å². The SMILES string of the molecule is CCC(OCc1ccc(C(F)(F)F)cc1)c1cccc(-c2n[nH]nc2C#N)n1. The van der Waals surface area contributed by atoms with Crippen LogP contribution < -0.4 is 0 Å². The number of nitriles is 1. The number of nitrogens with zero attached hydrogens (tertiary/aromatic N) is 4. The molecule has 144 valence electrons. The maximum absolute atomic E-state index is 12.6. The van der Waals surface area contributed by atoms with Gasteiger partial charge in [0.05, 0.1) is 29.7 Å². The number of hydrogen-bond acceptors (Lipinski definition) is 5. The number of alkyl halides is 3. The Bertz CT molecular complexity index is 976. The van der Waals surface area contributed by atoms with Crippen LogP contribution in [0.3, 0.4) is 0 Å². The molecule has 0 saturated carbocycles. The zero-order valence-corrected chi connectivity index (χ0v) is 14.9. The summed E-state index contributed by atoms with van der Waals surface area (Å²) in [6.45, 7) is 2.07. The quantitative estimate of drug-likeness (QED) is 0.676. The van der Waals surface area contributed by atoms with Gasteiger partial charge in [0, 0.05) is 0 Å². The zero-order valence-electron chi connectivity index (χ0n) is 14.9. The number of aromatic amines is 1. The maximum Gasteiger partial charge on any atom is 0.416 e. The van der Waals surface area contributed by atoms with Crippen molar-refractivity contribution in [3.8, 4) is 17.5 Å². The lowest BCUT2D eigenvalue weighted by atomic mass is 10.1. The van der Waals surface area contributed by atoms with Gasteiger partial charge in [0.2, 0.25) is 0 Å². The largest absolute Gasteiger partial charge is 0.416 e. The Balaban J connectivity index is 1.74. The van der Waals surface area contributed by atoms with Crippen molar-refractivity contribution in [2.75, 3.05) is 0 Å². The van der Waals surface area contributed by atoms with Crippen LogP contribution in [-0.2, 0) is 17.5 Å². The number of benzene rings is 1. The topological polar surface area (TPSA) is 87.5 Å². The first-order valence-corrected chi connectivity index (χ1v) is 8.48. The molecule has 1 unspecified atom stereocenters. The van der Waals surface area contributed by atoms with Crippen LogP contribution in [0.25, 0.3) is 11.4 Å². The van der Waals surface area contributed by atoms with Gasteiger partial charge in [0.15, 0.2) is 5.69 Å². The first kappa shape index (κ1) is 19.5. The number of rotatable bonds is 6. The summed E-state index contributed by atoms with van der Waals surface area (Å²) in [6.07, 6.45) is -4.11. The van der Waals surface area contributed by atoms with Gasteiger partial charge in [-0.3, -0.25) is 0 Å². The van der Waals surface area contributed by atoms with Crippen molar-refractivity contribution >= 4 is 0 Å². The van der Waals surface area contributed by atoms with Crippen LogP contribution in [0.15, 0.2) is 42.5 Å². The summed E-state index contributed by atoms with van der Waals surface area (Å²) in [5.41, 5.74) is 1.55. The number of H-pyrrole nitrogens is 1. The predicted octanol–water partition coefficient (Wildman–Crippen LogP) is 4.43. The van der Waals surface area contributed by atoms with E-state index in [1.54, 1.807) is 18.2 Å². The van der Waals surface area contributed by atoms with E-state index in [1.165, 1.54) is 12.1 Å². The number of nitrogens with one attached hydrogen (secondary N) is 1. The van der Waals surface area contributed by atoms with E-state index in [2.05, 4.69) is 20.4 Å². The summed E-state index contributed by atoms with van der Waals surface area (Å²) in [5, 5.41) is 19.2. The number of halogens is 3. The fourth-order valence-corrected chi connectivity index (χ4v) is 2.65. The average Bonchev–Trinajstić information content (AvgIpc) is 3.17. The lowest BCUT2D eigenvalue weighted by Crippen LogP contribution is -2.07. The summed E-state index contributed by atoms with van der Waals surface area (Å²) in [7, 11) is 0. The Labute approximate surface area is 159 Å². The Kier molecular flexibility index (Phi) is 5.70. The highest BCUT2D eigenvalue weighted by Crippen LogP contribution is 2.30. The van der Waals surface area contributed by atoms with Gasteiger partial charge in [-0.15, -0.1) is 5.10 Å². The highest BCUT2D eigenvalue weighted by molar-refractivity contribution is 5.59. The molecular formula is C19H16F3N5O. The second kappa shape index (κ2) is 8.19. The average molecular weight is 387 g/mol. The third kappa shape index (κ3) is 4.35.